The molecular weight excluding hydrogens is 428 g/mol. The number of hydrogen-bond acceptors (Lipinski definition) is 7. The summed E-state index contributed by atoms with van der Waals surface area (Å²) in [6.07, 6.45) is 6.35. The molecule has 1 aromatic heterocycles. The van der Waals surface area contributed by atoms with Crippen LogP contribution >= 0.6 is 0 Å². The minimum absolute atomic E-state index is 0.0108. The molecule has 2 atom stereocenters. The Kier molecular flexibility index (Phi) is 6.42. The highest BCUT2D eigenvalue weighted by molar-refractivity contribution is 5.61. The van der Waals surface area contributed by atoms with Gasteiger partial charge in [0, 0.05) is 29.9 Å². The summed E-state index contributed by atoms with van der Waals surface area (Å²) in [5.74, 6) is 3.23. The van der Waals surface area contributed by atoms with E-state index in [0.717, 1.165) is 48.2 Å². The molecule has 0 spiro atoms. The number of hydrogen-bond donors (Lipinski definition) is 1. The van der Waals surface area contributed by atoms with Crippen LogP contribution in [-0.4, -0.2) is 63.0 Å². The highest BCUT2D eigenvalue weighted by Gasteiger charge is 2.33. The largest absolute Gasteiger partial charge is 0.491 e. The number of ether oxygens (including phenoxy) is 2. The molecule has 1 saturated heterocycles. The average molecular weight is 467 g/mol. The second kappa shape index (κ2) is 9.49. The molecule has 0 saturated carbocycles. The Morgan fingerprint density at radius 1 is 1.06 bits per heavy atom. The molecule has 8 heteroatoms. The lowest BCUT2D eigenvalue weighted by Gasteiger charge is -2.37. The Labute approximate surface area is 202 Å². The zero-order chi connectivity index (χ0) is 23.8. The van der Waals surface area contributed by atoms with Gasteiger partial charge in [0.25, 0.3) is 0 Å². The predicted molar refractivity (Wildman–Crippen MR) is 132 cm³/mol. The summed E-state index contributed by atoms with van der Waals surface area (Å²) in [5, 5.41) is 8.04. The van der Waals surface area contributed by atoms with Gasteiger partial charge in [0.15, 0.2) is 5.82 Å². The van der Waals surface area contributed by atoms with Gasteiger partial charge < -0.3 is 24.6 Å². The summed E-state index contributed by atoms with van der Waals surface area (Å²) in [5.41, 5.74) is 2.11. The van der Waals surface area contributed by atoms with E-state index in [-0.39, 0.29) is 18.3 Å². The molecule has 34 heavy (non-hydrogen) atoms. The maximum atomic E-state index is 6.42. The third-order valence-corrected chi connectivity index (χ3v) is 7.40. The molecule has 5 rings (SSSR count). The van der Waals surface area contributed by atoms with Gasteiger partial charge in [-0.05, 0) is 78.6 Å². The summed E-state index contributed by atoms with van der Waals surface area (Å²) < 4.78 is 14.5. The first-order valence-corrected chi connectivity index (χ1v) is 12.7. The number of nitrogens with zero attached hydrogens (tertiary/aromatic N) is 5. The SMILES string of the molecule is CC(Oc1ccc2c(c1)OCCN1C=C(c3ncnn3C(C)C)NC21)C1CCN(C(C)C)CC1. The maximum Gasteiger partial charge on any atom is 0.176 e. The van der Waals surface area contributed by atoms with Crippen molar-refractivity contribution in [3.63, 3.8) is 0 Å². The molecule has 2 unspecified atom stereocenters. The van der Waals surface area contributed by atoms with E-state index in [9.17, 15) is 0 Å². The van der Waals surface area contributed by atoms with E-state index < -0.39 is 0 Å². The molecule has 0 bridgehead atoms. The molecular formula is C26H38N6O2. The molecule has 1 fully saturated rings. The zero-order valence-electron chi connectivity index (χ0n) is 21.1. The molecule has 0 radical (unpaired) electrons. The van der Waals surface area contributed by atoms with Crippen LogP contribution in [0.5, 0.6) is 11.5 Å². The Morgan fingerprint density at radius 3 is 2.59 bits per heavy atom. The van der Waals surface area contributed by atoms with Crippen molar-refractivity contribution in [2.24, 2.45) is 5.92 Å². The number of fused-ring (bicyclic) bond motifs is 3. The number of likely N-dealkylation sites (tertiary alicyclic amines) is 1. The average Bonchev–Trinajstić information content (AvgIpc) is 3.44. The zero-order valence-corrected chi connectivity index (χ0v) is 21.1. The minimum atomic E-state index is 0.0108. The molecule has 1 N–H and O–H groups in total. The van der Waals surface area contributed by atoms with Crippen LogP contribution in [0.2, 0.25) is 0 Å². The monoisotopic (exact) mass is 466 g/mol. The Balaban J connectivity index is 1.28. The lowest BCUT2D eigenvalue weighted by molar-refractivity contribution is 0.0755. The normalized spacial score (nSPS) is 22.0. The van der Waals surface area contributed by atoms with Gasteiger partial charge in [0.2, 0.25) is 0 Å². The standard InChI is InChI=1S/C26H38N6O2/c1-17(2)30-10-8-20(9-11-30)19(5)34-21-6-7-22-24(14-21)33-13-12-31-15-23(29-25(22)31)26-27-16-28-32(26)18(3)4/h6-7,14-20,25,29H,8-13H2,1-5H3. The van der Waals surface area contributed by atoms with Crippen molar-refractivity contribution < 1.29 is 9.47 Å². The van der Waals surface area contributed by atoms with Crippen LogP contribution in [0.1, 0.15) is 71.1 Å². The second-order valence-electron chi connectivity index (χ2n) is 10.3. The fourth-order valence-electron chi connectivity index (χ4n) is 5.32. The van der Waals surface area contributed by atoms with E-state index in [1.165, 1.54) is 12.8 Å². The van der Waals surface area contributed by atoms with E-state index in [1.807, 2.05) is 4.68 Å². The highest BCUT2D eigenvalue weighted by Crippen LogP contribution is 2.38. The second-order valence-corrected chi connectivity index (χ2v) is 10.3. The molecule has 184 valence electrons. The van der Waals surface area contributed by atoms with Gasteiger partial charge in [-0.2, -0.15) is 5.10 Å². The van der Waals surface area contributed by atoms with Gasteiger partial charge in [-0.15, -0.1) is 0 Å². The maximum absolute atomic E-state index is 6.42. The fraction of sp³-hybridized carbons (Fsp3) is 0.615. The van der Waals surface area contributed by atoms with Gasteiger partial charge in [-0.1, -0.05) is 0 Å². The Bertz CT molecular complexity index is 1020. The summed E-state index contributed by atoms with van der Waals surface area (Å²) in [6, 6.07) is 7.16. The molecule has 3 aliphatic heterocycles. The first kappa shape index (κ1) is 23.0. The lowest BCUT2D eigenvalue weighted by Crippen LogP contribution is -2.41. The van der Waals surface area contributed by atoms with Crippen LogP contribution in [0.15, 0.2) is 30.7 Å². The van der Waals surface area contributed by atoms with Crippen molar-refractivity contribution in [2.45, 2.75) is 71.8 Å². The van der Waals surface area contributed by atoms with Crippen LogP contribution in [-0.2, 0) is 0 Å². The molecule has 0 amide bonds. The number of rotatable bonds is 6. The number of nitrogens with one attached hydrogen (secondary N) is 1. The summed E-state index contributed by atoms with van der Waals surface area (Å²) in [4.78, 5) is 9.35. The fourth-order valence-corrected chi connectivity index (χ4v) is 5.32. The van der Waals surface area contributed by atoms with E-state index >= 15 is 0 Å². The van der Waals surface area contributed by atoms with Crippen molar-refractivity contribution in [2.75, 3.05) is 26.2 Å². The van der Waals surface area contributed by atoms with Crippen LogP contribution < -0.4 is 14.8 Å². The van der Waals surface area contributed by atoms with Gasteiger partial charge >= 0.3 is 0 Å². The molecule has 1 aromatic carbocycles. The number of piperidine rings is 1. The summed E-state index contributed by atoms with van der Waals surface area (Å²) in [7, 11) is 0. The molecule has 2 aromatic rings. The Hall–Kier alpha value is -2.74. The van der Waals surface area contributed by atoms with E-state index in [4.69, 9.17) is 9.47 Å². The minimum Gasteiger partial charge on any atom is -0.491 e. The molecule has 4 heterocycles. The lowest BCUT2D eigenvalue weighted by atomic mass is 9.91. The van der Waals surface area contributed by atoms with E-state index in [1.54, 1.807) is 6.33 Å². The topological polar surface area (TPSA) is 67.7 Å². The first-order chi connectivity index (χ1) is 16.4. The predicted octanol–water partition coefficient (Wildman–Crippen LogP) is 4.04. The molecule has 3 aliphatic rings. The number of benzene rings is 1. The van der Waals surface area contributed by atoms with Crippen LogP contribution in [0.25, 0.3) is 5.70 Å². The molecule has 8 nitrogen and oxygen atoms in total. The van der Waals surface area contributed by atoms with Crippen molar-refractivity contribution >= 4 is 5.70 Å². The van der Waals surface area contributed by atoms with Crippen LogP contribution in [0, 0.1) is 5.92 Å². The van der Waals surface area contributed by atoms with Gasteiger partial charge in [0.05, 0.1) is 18.3 Å². The highest BCUT2D eigenvalue weighted by atomic mass is 16.5. The third kappa shape index (κ3) is 4.48. The smallest absolute Gasteiger partial charge is 0.176 e. The van der Waals surface area contributed by atoms with Gasteiger partial charge in [-0.3, -0.25) is 0 Å². The van der Waals surface area contributed by atoms with Gasteiger partial charge in [-0.25, -0.2) is 9.67 Å². The Morgan fingerprint density at radius 2 is 1.85 bits per heavy atom. The van der Waals surface area contributed by atoms with Crippen LogP contribution in [0.3, 0.4) is 0 Å². The van der Waals surface area contributed by atoms with Crippen molar-refractivity contribution in [1.82, 2.24) is 29.9 Å². The van der Waals surface area contributed by atoms with E-state index in [2.05, 4.69) is 84.2 Å². The summed E-state index contributed by atoms with van der Waals surface area (Å²) >= 11 is 0. The van der Waals surface area contributed by atoms with Crippen LogP contribution in [0.4, 0.5) is 0 Å². The number of aromatic nitrogens is 3. The third-order valence-electron chi connectivity index (χ3n) is 7.40. The quantitative estimate of drug-likeness (QED) is 0.689. The van der Waals surface area contributed by atoms with Crippen molar-refractivity contribution in [1.29, 1.82) is 0 Å². The van der Waals surface area contributed by atoms with E-state index in [0.29, 0.717) is 18.6 Å². The van der Waals surface area contributed by atoms with Gasteiger partial charge in [0.1, 0.15) is 30.6 Å². The summed E-state index contributed by atoms with van der Waals surface area (Å²) in [6.45, 7) is 14.7. The van der Waals surface area contributed by atoms with Crippen molar-refractivity contribution in [3.8, 4) is 11.5 Å². The molecule has 0 aliphatic carbocycles. The first-order valence-electron chi connectivity index (χ1n) is 12.7. The van der Waals surface area contributed by atoms with Crippen molar-refractivity contribution in [3.05, 3.63) is 42.1 Å².